The van der Waals surface area contributed by atoms with Crippen molar-refractivity contribution in [3.8, 4) is 11.8 Å². The number of carbonyl (C=O) groups excluding carboxylic acids is 2. The van der Waals surface area contributed by atoms with Crippen LogP contribution in [0.5, 0.6) is 5.75 Å². The number of ether oxygens (including phenoxy) is 1. The molecule has 0 bridgehead atoms. The normalized spacial score (nSPS) is 13.6. The number of hydrazine groups is 1. The summed E-state index contributed by atoms with van der Waals surface area (Å²) in [6.07, 6.45) is 0. The van der Waals surface area contributed by atoms with Crippen LogP contribution < -0.4 is 15.6 Å². The molecule has 0 aliphatic carbocycles. The quantitative estimate of drug-likeness (QED) is 0.752. The highest BCUT2D eigenvalue weighted by molar-refractivity contribution is 8.19. The van der Waals surface area contributed by atoms with Crippen LogP contribution in [0.2, 0.25) is 0 Å². The van der Waals surface area contributed by atoms with E-state index in [1.165, 1.54) is 5.56 Å². The van der Waals surface area contributed by atoms with E-state index in [4.69, 9.17) is 10.00 Å². The lowest BCUT2D eigenvalue weighted by Gasteiger charge is -2.11. The van der Waals surface area contributed by atoms with Crippen LogP contribution in [0.3, 0.4) is 0 Å². The monoisotopic (exact) mass is 399 g/mol. The molecule has 6 nitrogen and oxygen atoms in total. The number of hydrogen-bond donors (Lipinski definition) is 2. The molecule has 0 aromatic heterocycles. The summed E-state index contributed by atoms with van der Waals surface area (Å²) in [7, 11) is 0. The third-order valence-electron chi connectivity index (χ3n) is 3.75. The number of rotatable bonds is 5. The summed E-state index contributed by atoms with van der Waals surface area (Å²) < 4.78 is 5.74. The van der Waals surface area contributed by atoms with Gasteiger partial charge in [-0.1, -0.05) is 24.3 Å². The van der Waals surface area contributed by atoms with Crippen molar-refractivity contribution in [1.29, 1.82) is 5.26 Å². The van der Waals surface area contributed by atoms with Crippen molar-refractivity contribution in [3.05, 3.63) is 65.2 Å². The van der Waals surface area contributed by atoms with Gasteiger partial charge in [0.05, 0.1) is 10.1 Å². The number of nitriles is 1. The number of nitrogens with zero attached hydrogens (tertiary/aromatic N) is 1. The van der Waals surface area contributed by atoms with E-state index >= 15 is 0 Å². The molecule has 1 fully saturated rings. The van der Waals surface area contributed by atoms with Gasteiger partial charge in [0, 0.05) is 17.1 Å². The van der Waals surface area contributed by atoms with Gasteiger partial charge in [0.1, 0.15) is 11.8 Å². The van der Waals surface area contributed by atoms with E-state index in [0.29, 0.717) is 21.5 Å². The fourth-order valence-electron chi connectivity index (χ4n) is 2.41. The Balaban J connectivity index is 1.47. The summed E-state index contributed by atoms with van der Waals surface area (Å²) in [5.41, 5.74) is 6.65. The molecular weight excluding hydrogens is 382 g/mol. The number of carbonyl (C=O) groups is 2. The molecule has 0 radical (unpaired) electrons. The molecule has 0 saturated carbocycles. The van der Waals surface area contributed by atoms with E-state index in [9.17, 15) is 9.59 Å². The average molecular weight is 399 g/mol. The average Bonchev–Trinajstić information content (AvgIpc) is 3.25. The van der Waals surface area contributed by atoms with Crippen molar-refractivity contribution < 1.29 is 14.3 Å². The van der Waals surface area contributed by atoms with Crippen molar-refractivity contribution in [2.75, 3.05) is 18.1 Å². The van der Waals surface area contributed by atoms with Crippen molar-refractivity contribution in [2.45, 2.75) is 4.58 Å². The number of thioether (sulfide) groups is 2. The van der Waals surface area contributed by atoms with Gasteiger partial charge < -0.3 is 4.74 Å². The lowest BCUT2D eigenvalue weighted by Crippen LogP contribution is -2.43. The van der Waals surface area contributed by atoms with Gasteiger partial charge >= 0.3 is 0 Å². The van der Waals surface area contributed by atoms with Crippen LogP contribution in [0.15, 0.2) is 48.5 Å². The molecule has 2 amide bonds. The minimum absolute atomic E-state index is 0.311. The van der Waals surface area contributed by atoms with Crippen molar-refractivity contribution in [1.82, 2.24) is 10.9 Å². The van der Waals surface area contributed by atoms with Gasteiger partial charge in [0.2, 0.25) is 0 Å². The second kappa shape index (κ2) is 9.35. The molecular formula is C19H17N3O3S2. The summed E-state index contributed by atoms with van der Waals surface area (Å²) in [5, 5.41) is 8.98. The summed E-state index contributed by atoms with van der Waals surface area (Å²) in [4.78, 5) is 24.0. The minimum Gasteiger partial charge on any atom is -0.482 e. The van der Waals surface area contributed by atoms with Crippen molar-refractivity contribution in [3.63, 3.8) is 0 Å². The standard InChI is InChI=1S/C19H17N3O3S2/c20-11-15-3-1-2-4-16(15)25-12-17(23)21-22-18(24)13-5-7-14(8-6-13)19-26-9-10-27-19/h1-8,19H,9-10,12H2,(H,21,23)(H,22,24). The highest BCUT2D eigenvalue weighted by Gasteiger charge is 2.18. The summed E-state index contributed by atoms with van der Waals surface area (Å²) in [5.74, 6) is 1.68. The zero-order chi connectivity index (χ0) is 19.1. The molecule has 138 valence electrons. The molecule has 1 saturated heterocycles. The Kier molecular flexibility index (Phi) is 6.63. The van der Waals surface area contributed by atoms with E-state index in [1.54, 1.807) is 36.4 Å². The van der Waals surface area contributed by atoms with Crippen LogP contribution in [-0.2, 0) is 4.79 Å². The maximum Gasteiger partial charge on any atom is 0.276 e. The number of hydrogen-bond acceptors (Lipinski definition) is 6. The van der Waals surface area contributed by atoms with E-state index in [-0.39, 0.29) is 6.61 Å². The topological polar surface area (TPSA) is 91.2 Å². The second-order valence-electron chi connectivity index (χ2n) is 5.59. The van der Waals surface area contributed by atoms with Gasteiger partial charge in [0.25, 0.3) is 11.8 Å². The molecule has 3 rings (SSSR count). The van der Waals surface area contributed by atoms with Crippen LogP contribution >= 0.6 is 23.5 Å². The lowest BCUT2D eigenvalue weighted by molar-refractivity contribution is -0.123. The Morgan fingerprint density at radius 2 is 1.78 bits per heavy atom. The Morgan fingerprint density at radius 3 is 2.48 bits per heavy atom. The summed E-state index contributed by atoms with van der Waals surface area (Å²) >= 11 is 3.80. The summed E-state index contributed by atoms with van der Waals surface area (Å²) in [6.45, 7) is -0.311. The fourth-order valence-corrected chi connectivity index (χ4v) is 5.26. The Hall–Kier alpha value is -2.63. The van der Waals surface area contributed by atoms with Gasteiger partial charge in [0.15, 0.2) is 6.61 Å². The molecule has 1 aliphatic heterocycles. The van der Waals surface area contributed by atoms with E-state index in [0.717, 1.165) is 11.5 Å². The zero-order valence-electron chi connectivity index (χ0n) is 14.3. The van der Waals surface area contributed by atoms with E-state index in [2.05, 4.69) is 10.9 Å². The Morgan fingerprint density at radius 1 is 1.07 bits per heavy atom. The number of amides is 2. The first-order chi connectivity index (χ1) is 13.2. The third kappa shape index (κ3) is 5.18. The van der Waals surface area contributed by atoms with Crippen molar-refractivity contribution in [2.24, 2.45) is 0 Å². The molecule has 0 unspecified atom stereocenters. The molecule has 0 spiro atoms. The predicted molar refractivity (Wildman–Crippen MR) is 106 cm³/mol. The molecule has 1 aliphatic rings. The molecule has 2 aromatic rings. The smallest absolute Gasteiger partial charge is 0.276 e. The Labute approximate surface area is 165 Å². The lowest BCUT2D eigenvalue weighted by atomic mass is 10.1. The van der Waals surface area contributed by atoms with Crippen molar-refractivity contribution >= 4 is 35.3 Å². The van der Waals surface area contributed by atoms with Crippen LogP contribution in [0.25, 0.3) is 0 Å². The van der Waals surface area contributed by atoms with Crippen LogP contribution in [-0.4, -0.2) is 29.9 Å². The van der Waals surface area contributed by atoms with Crippen LogP contribution in [0.4, 0.5) is 0 Å². The SMILES string of the molecule is N#Cc1ccccc1OCC(=O)NNC(=O)c1ccc(C2SCCS2)cc1. The van der Waals surface area contributed by atoms with Crippen LogP contribution in [0, 0.1) is 11.3 Å². The largest absolute Gasteiger partial charge is 0.482 e. The Bertz CT molecular complexity index is 859. The molecule has 8 heteroatoms. The fraction of sp³-hybridized carbons (Fsp3) is 0.211. The molecule has 2 aromatic carbocycles. The first-order valence-electron chi connectivity index (χ1n) is 8.21. The molecule has 0 atom stereocenters. The molecule has 2 N–H and O–H groups in total. The highest BCUT2D eigenvalue weighted by Crippen LogP contribution is 2.45. The maximum absolute atomic E-state index is 12.1. The van der Waals surface area contributed by atoms with Gasteiger partial charge in [-0.3, -0.25) is 20.4 Å². The van der Waals surface area contributed by atoms with Gasteiger partial charge in [-0.2, -0.15) is 5.26 Å². The maximum atomic E-state index is 12.1. The molecule has 27 heavy (non-hydrogen) atoms. The summed E-state index contributed by atoms with van der Waals surface area (Å²) in [6, 6.07) is 16.0. The number of para-hydroxylation sites is 1. The van der Waals surface area contributed by atoms with Crippen LogP contribution in [0.1, 0.15) is 26.1 Å². The first kappa shape index (κ1) is 19.1. The first-order valence-corrected chi connectivity index (χ1v) is 10.3. The zero-order valence-corrected chi connectivity index (χ0v) is 15.9. The minimum atomic E-state index is -0.522. The van der Waals surface area contributed by atoms with E-state index in [1.807, 2.05) is 41.7 Å². The number of nitrogens with one attached hydrogen (secondary N) is 2. The van der Waals surface area contributed by atoms with Gasteiger partial charge in [-0.15, -0.1) is 23.5 Å². The van der Waals surface area contributed by atoms with Gasteiger partial charge in [-0.25, -0.2) is 0 Å². The number of benzene rings is 2. The predicted octanol–water partition coefficient (Wildman–Crippen LogP) is 2.88. The third-order valence-corrected chi connectivity index (χ3v) is 6.85. The van der Waals surface area contributed by atoms with Gasteiger partial charge in [-0.05, 0) is 29.8 Å². The molecule has 1 heterocycles. The second-order valence-corrected chi connectivity index (χ2v) is 8.32. The van der Waals surface area contributed by atoms with E-state index < -0.39 is 11.8 Å². The highest BCUT2D eigenvalue weighted by atomic mass is 32.2.